The summed E-state index contributed by atoms with van der Waals surface area (Å²) in [5.41, 5.74) is 2.34. The van der Waals surface area contributed by atoms with Gasteiger partial charge in [0.25, 0.3) is 5.91 Å². The van der Waals surface area contributed by atoms with Crippen LogP contribution in [0.25, 0.3) is 11.5 Å². The molecule has 1 aromatic heterocycles. The Bertz CT molecular complexity index is 930. The van der Waals surface area contributed by atoms with Crippen LogP contribution in [0.3, 0.4) is 0 Å². The van der Waals surface area contributed by atoms with Crippen LogP contribution in [0.5, 0.6) is 5.75 Å². The van der Waals surface area contributed by atoms with Crippen LogP contribution in [0.15, 0.2) is 59.0 Å². The number of nitrogens with one attached hydrogen (secondary N) is 1. The zero-order valence-corrected chi connectivity index (χ0v) is 15.3. The number of amides is 1. The fourth-order valence-corrected chi connectivity index (χ4v) is 2.95. The molecule has 4 rings (SSSR count). The number of carbonyl (C=O) groups excluding carboxylic acids is 1. The summed E-state index contributed by atoms with van der Waals surface area (Å²) >= 11 is 0. The highest BCUT2D eigenvalue weighted by atomic mass is 16.5. The number of hydrogen-bond donors (Lipinski definition) is 1. The molecule has 0 bridgehead atoms. The minimum atomic E-state index is -0.212. The second-order valence-electron chi connectivity index (χ2n) is 6.74. The molecule has 0 unspecified atom stereocenters. The number of nitrogens with zero attached hydrogens (tertiary/aromatic N) is 1. The largest absolute Gasteiger partial charge is 0.491 e. The fraction of sp³-hybridized carbons (Fsp3) is 0.273. The van der Waals surface area contributed by atoms with Crippen LogP contribution >= 0.6 is 0 Å². The zero-order chi connectivity index (χ0) is 18.6. The van der Waals surface area contributed by atoms with Gasteiger partial charge in [0.05, 0.1) is 6.54 Å². The molecule has 0 aliphatic heterocycles. The Balaban J connectivity index is 1.41. The molecule has 1 aliphatic carbocycles. The molecular formula is C22H22N2O3. The molecule has 138 valence electrons. The molecule has 0 spiro atoms. The number of oxazole rings is 1. The average Bonchev–Trinajstić information content (AvgIpc) is 3.45. The molecular weight excluding hydrogens is 340 g/mol. The average molecular weight is 362 g/mol. The summed E-state index contributed by atoms with van der Waals surface area (Å²) in [6.45, 7) is 2.81. The fourth-order valence-electron chi connectivity index (χ4n) is 2.95. The van der Waals surface area contributed by atoms with Crippen molar-refractivity contribution in [2.45, 2.75) is 25.7 Å². The first-order chi connectivity index (χ1) is 13.2. The second-order valence-corrected chi connectivity index (χ2v) is 6.74. The lowest BCUT2D eigenvalue weighted by molar-refractivity contribution is 0.0940. The summed E-state index contributed by atoms with van der Waals surface area (Å²) < 4.78 is 11.7. The summed E-state index contributed by atoms with van der Waals surface area (Å²) in [7, 11) is 0. The molecule has 3 aromatic rings. The number of carbonyl (C=O) groups is 1. The number of ether oxygens (including phenoxy) is 1. The molecule has 1 saturated carbocycles. The van der Waals surface area contributed by atoms with Crippen LogP contribution < -0.4 is 10.1 Å². The molecule has 0 radical (unpaired) electrons. The van der Waals surface area contributed by atoms with E-state index in [4.69, 9.17) is 9.15 Å². The van der Waals surface area contributed by atoms with Crippen LogP contribution in [-0.2, 0) is 0 Å². The van der Waals surface area contributed by atoms with Crippen LogP contribution in [-0.4, -0.2) is 24.0 Å². The van der Waals surface area contributed by atoms with E-state index in [1.807, 2.05) is 61.5 Å². The highest BCUT2D eigenvalue weighted by Crippen LogP contribution is 2.43. The third kappa shape index (κ3) is 4.03. The van der Waals surface area contributed by atoms with Gasteiger partial charge in [-0.25, -0.2) is 4.98 Å². The first-order valence-electron chi connectivity index (χ1n) is 9.25. The molecule has 0 saturated heterocycles. The number of rotatable bonds is 7. The van der Waals surface area contributed by atoms with Gasteiger partial charge in [0.15, 0.2) is 5.69 Å². The third-order valence-corrected chi connectivity index (χ3v) is 4.58. The zero-order valence-electron chi connectivity index (χ0n) is 15.3. The number of para-hydroxylation sites is 1. The maximum atomic E-state index is 12.6. The Kier molecular flexibility index (Phi) is 4.92. The SMILES string of the molecule is Cc1ccccc1OCCNC(=O)c1nc(-c2ccccc2)oc1C1CC1. The summed E-state index contributed by atoms with van der Waals surface area (Å²) in [4.78, 5) is 17.1. The van der Waals surface area contributed by atoms with E-state index in [0.29, 0.717) is 36.4 Å². The Morgan fingerprint density at radius 3 is 2.63 bits per heavy atom. The van der Waals surface area contributed by atoms with Gasteiger partial charge in [-0.15, -0.1) is 0 Å². The van der Waals surface area contributed by atoms with Crippen LogP contribution in [0, 0.1) is 6.92 Å². The summed E-state index contributed by atoms with van der Waals surface area (Å²) in [5.74, 6) is 2.12. The van der Waals surface area contributed by atoms with Gasteiger partial charge in [-0.2, -0.15) is 0 Å². The van der Waals surface area contributed by atoms with Crippen LogP contribution in [0.4, 0.5) is 0 Å². The maximum absolute atomic E-state index is 12.6. The first kappa shape index (κ1) is 17.3. The van der Waals surface area contributed by atoms with Crippen molar-refractivity contribution in [3.8, 4) is 17.2 Å². The summed E-state index contributed by atoms with van der Waals surface area (Å²) in [5, 5.41) is 2.89. The third-order valence-electron chi connectivity index (χ3n) is 4.58. The van der Waals surface area contributed by atoms with Crippen molar-refractivity contribution in [1.82, 2.24) is 10.3 Å². The van der Waals surface area contributed by atoms with Gasteiger partial charge >= 0.3 is 0 Å². The Labute approximate surface area is 158 Å². The van der Waals surface area contributed by atoms with Crippen molar-refractivity contribution >= 4 is 5.91 Å². The molecule has 1 heterocycles. The highest BCUT2D eigenvalue weighted by molar-refractivity contribution is 5.94. The summed E-state index contributed by atoms with van der Waals surface area (Å²) in [6.07, 6.45) is 2.08. The van der Waals surface area contributed by atoms with Crippen molar-refractivity contribution in [3.05, 3.63) is 71.6 Å². The quantitative estimate of drug-likeness (QED) is 0.635. The van der Waals surface area contributed by atoms with Gasteiger partial charge in [0.1, 0.15) is 18.1 Å². The number of aromatic nitrogens is 1. The second kappa shape index (κ2) is 7.66. The van der Waals surface area contributed by atoms with Gasteiger partial charge in [-0.3, -0.25) is 4.79 Å². The maximum Gasteiger partial charge on any atom is 0.273 e. The summed E-state index contributed by atoms with van der Waals surface area (Å²) in [6, 6.07) is 17.5. The van der Waals surface area contributed by atoms with Crippen molar-refractivity contribution in [3.63, 3.8) is 0 Å². The lowest BCUT2D eigenvalue weighted by Crippen LogP contribution is -2.29. The van der Waals surface area contributed by atoms with Gasteiger partial charge in [-0.05, 0) is 43.5 Å². The van der Waals surface area contributed by atoms with Crippen molar-refractivity contribution in [2.75, 3.05) is 13.2 Å². The van der Waals surface area contributed by atoms with Crippen molar-refractivity contribution in [1.29, 1.82) is 0 Å². The molecule has 2 aromatic carbocycles. The molecule has 27 heavy (non-hydrogen) atoms. The predicted octanol–water partition coefficient (Wildman–Crippen LogP) is 4.34. The van der Waals surface area contributed by atoms with Gasteiger partial charge < -0.3 is 14.5 Å². The molecule has 1 amide bonds. The Morgan fingerprint density at radius 1 is 1.15 bits per heavy atom. The monoisotopic (exact) mass is 362 g/mol. The van der Waals surface area contributed by atoms with Gasteiger partial charge in [0, 0.05) is 11.5 Å². The van der Waals surface area contributed by atoms with E-state index in [-0.39, 0.29) is 5.91 Å². The Morgan fingerprint density at radius 2 is 1.89 bits per heavy atom. The number of aryl methyl sites for hydroxylation is 1. The van der Waals surface area contributed by atoms with E-state index in [1.54, 1.807) is 0 Å². The smallest absolute Gasteiger partial charge is 0.273 e. The molecule has 1 aliphatic rings. The molecule has 0 atom stereocenters. The highest BCUT2D eigenvalue weighted by Gasteiger charge is 2.34. The van der Waals surface area contributed by atoms with Crippen LogP contribution in [0.2, 0.25) is 0 Å². The minimum Gasteiger partial charge on any atom is -0.491 e. The predicted molar refractivity (Wildman–Crippen MR) is 103 cm³/mol. The number of hydrogen-bond acceptors (Lipinski definition) is 4. The standard InChI is InChI=1S/C22H22N2O3/c1-15-7-5-6-10-18(15)26-14-13-23-21(25)19-20(16-11-12-16)27-22(24-19)17-8-3-2-4-9-17/h2-10,16H,11-14H2,1H3,(H,23,25). The van der Waals surface area contributed by atoms with E-state index < -0.39 is 0 Å². The molecule has 1 N–H and O–H groups in total. The molecule has 5 nitrogen and oxygen atoms in total. The lowest BCUT2D eigenvalue weighted by atomic mass is 10.2. The van der Waals surface area contributed by atoms with E-state index in [2.05, 4.69) is 10.3 Å². The first-order valence-corrected chi connectivity index (χ1v) is 9.25. The lowest BCUT2D eigenvalue weighted by Gasteiger charge is -2.09. The number of benzene rings is 2. The Hall–Kier alpha value is -3.08. The molecule has 5 heteroatoms. The van der Waals surface area contributed by atoms with E-state index in [0.717, 1.165) is 29.7 Å². The van der Waals surface area contributed by atoms with E-state index in [9.17, 15) is 4.79 Å². The van der Waals surface area contributed by atoms with Crippen LogP contribution in [0.1, 0.15) is 40.6 Å². The molecule has 1 fully saturated rings. The topological polar surface area (TPSA) is 64.4 Å². The van der Waals surface area contributed by atoms with Crippen molar-refractivity contribution in [2.24, 2.45) is 0 Å². The van der Waals surface area contributed by atoms with Crippen molar-refractivity contribution < 1.29 is 13.9 Å². The van der Waals surface area contributed by atoms with Gasteiger partial charge in [-0.1, -0.05) is 36.4 Å². The normalized spacial score (nSPS) is 13.4. The minimum absolute atomic E-state index is 0.212. The van der Waals surface area contributed by atoms with Gasteiger partial charge in [0.2, 0.25) is 5.89 Å². The van der Waals surface area contributed by atoms with E-state index >= 15 is 0 Å². The van der Waals surface area contributed by atoms with E-state index in [1.165, 1.54) is 0 Å².